The van der Waals surface area contributed by atoms with Gasteiger partial charge in [-0.3, -0.25) is 4.79 Å². The van der Waals surface area contributed by atoms with E-state index < -0.39 is 0 Å². The molecule has 2 rings (SSSR count). The predicted octanol–water partition coefficient (Wildman–Crippen LogP) is 2.43. The molecule has 1 unspecified atom stereocenters. The van der Waals surface area contributed by atoms with E-state index in [1.165, 1.54) is 11.0 Å². The molecule has 1 amide bonds. The highest BCUT2D eigenvalue weighted by atomic mass is 35.5. The van der Waals surface area contributed by atoms with Crippen molar-refractivity contribution in [1.29, 1.82) is 0 Å². The molecule has 0 N–H and O–H groups in total. The van der Waals surface area contributed by atoms with Gasteiger partial charge < -0.3 is 4.90 Å². The molecule has 0 radical (unpaired) electrons. The van der Waals surface area contributed by atoms with E-state index >= 15 is 0 Å². The van der Waals surface area contributed by atoms with Gasteiger partial charge >= 0.3 is 0 Å². The van der Waals surface area contributed by atoms with Crippen LogP contribution in [0.5, 0.6) is 0 Å². The van der Waals surface area contributed by atoms with Gasteiger partial charge in [-0.25, -0.2) is 9.79 Å². The number of carbonyl (C=O) groups excluding carboxylic acids is 2. The number of rotatable bonds is 2. The van der Waals surface area contributed by atoms with E-state index in [9.17, 15) is 9.59 Å². The summed E-state index contributed by atoms with van der Waals surface area (Å²) in [7, 11) is 0. The summed E-state index contributed by atoms with van der Waals surface area (Å²) in [6.07, 6.45) is 1.66. The molecular weight excluding hydrogens is 263 g/mol. The predicted molar refractivity (Wildman–Crippen MR) is 65.3 cm³/mol. The Morgan fingerprint density at radius 2 is 2.18 bits per heavy atom. The minimum Gasteiger partial charge on any atom is -0.309 e. The molecule has 6 heteroatoms. The number of nitrogens with zero attached hydrogens (tertiary/aromatic N) is 2. The Hall–Kier alpha value is -1.35. The highest BCUT2D eigenvalue weighted by Crippen LogP contribution is 2.34. The molecule has 88 valence electrons. The lowest BCUT2D eigenvalue weighted by atomic mass is 10.3. The summed E-state index contributed by atoms with van der Waals surface area (Å²) >= 11 is 11.9. The highest BCUT2D eigenvalue weighted by Gasteiger charge is 2.31. The fourth-order valence-corrected chi connectivity index (χ4v) is 2.18. The van der Waals surface area contributed by atoms with Gasteiger partial charge in [0.15, 0.2) is 0 Å². The average molecular weight is 271 g/mol. The van der Waals surface area contributed by atoms with Crippen LogP contribution in [0.3, 0.4) is 0 Å². The fourth-order valence-electron chi connectivity index (χ4n) is 1.78. The van der Waals surface area contributed by atoms with Crippen molar-refractivity contribution in [3.8, 4) is 0 Å². The van der Waals surface area contributed by atoms with E-state index in [1.807, 2.05) is 0 Å². The van der Waals surface area contributed by atoms with Gasteiger partial charge in [0.05, 0.1) is 28.2 Å². The van der Waals surface area contributed by atoms with Gasteiger partial charge in [0.1, 0.15) is 0 Å². The Labute approximate surface area is 108 Å². The van der Waals surface area contributed by atoms with Crippen molar-refractivity contribution < 1.29 is 9.59 Å². The largest absolute Gasteiger partial charge is 0.309 e. The lowest BCUT2D eigenvalue weighted by Crippen LogP contribution is -2.25. The topological polar surface area (TPSA) is 49.7 Å². The van der Waals surface area contributed by atoms with Crippen LogP contribution in [0.4, 0.5) is 5.69 Å². The number of aliphatic imine (C=N–C) groups is 1. The summed E-state index contributed by atoms with van der Waals surface area (Å²) in [6.45, 7) is 0.328. The standard InChI is InChI=1S/C11H8Cl2N2O2/c12-8-2-1-3-9(11(8)13)15-5-7(14-6-16)4-10(15)17/h1-3,7H,4-5H2. The second-order valence-corrected chi connectivity index (χ2v) is 4.44. The van der Waals surface area contributed by atoms with Crippen LogP contribution < -0.4 is 4.90 Å². The zero-order valence-electron chi connectivity index (χ0n) is 8.69. The van der Waals surface area contributed by atoms with Crippen LogP contribution in [0.2, 0.25) is 10.0 Å². The van der Waals surface area contributed by atoms with Crippen LogP contribution in [-0.4, -0.2) is 24.6 Å². The van der Waals surface area contributed by atoms with Crippen LogP contribution in [-0.2, 0) is 9.59 Å². The minimum absolute atomic E-state index is 0.127. The maximum Gasteiger partial charge on any atom is 0.235 e. The molecule has 1 saturated heterocycles. The zero-order valence-corrected chi connectivity index (χ0v) is 10.2. The number of hydrogen-bond acceptors (Lipinski definition) is 3. The molecule has 4 nitrogen and oxygen atoms in total. The number of halogens is 2. The van der Waals surface area contributed by atoms with E-state index in [0.717, 1.165) is 0 Å². The number of anilines is 1. The molecule has 0 bridgehead atoms. The lowest BCUT2D eigenvalue weighted by molar-refractivity contribution is -0.117. The molecule has 17 heavy (non-hydrogen) atoms. The molecule has 0 saturated carbocycles. The van der Waals surface area contributed by atoms with Crippen molar-refractivity contribution in [3.63, 3.8) is 0 Å². The summed E-state index contributed by atoms with van der Waals surface area (Å²) in [6, 6.07) is 4.72. The first-order chi connectivity index (χ1) is 8.13. The minimum atomic E-state index is -0.352. The maximum absolute atomic E-state index is 11.8. The third-order valence-corrected chi connectivity index (χ3v) is 3.37. The van der Waals surface area contributed by atoms with Crippen molar-refractivity contribution >= 4 is 40.9 Å². The maximum atomic E-state index is 11.8. The van der Waals surface area contributed by atoms with Crippen LogP contribution in [0, 0.1) is 0 Å². The second kappa shape index (κ2) is 4.88. The highest BCUT2D eigenvalue weighted by molar-refractivity contribution is 6.44. The number of hydrogen-bond donors (Lipinski definition) is 0. The Kier molecular flexibility index (Phi) is 3.48. The SMILES string of the molecule is O=C=NC1CC(=O)N(c2cccc(Cl)c2Cl)C1. The molecule has 1 aromatic rings. The molecule has 1 aliphatic rings. The van der Waals surface area contributed by atoms with Gasteiger partial charge in [0.2, 0.25) is 12.0 Å². The zero-order chi connectivity index (χ0) is 12.4. The van der Waals surface area contributed by atoms with E-state index in [4.69, 9.17) is 23.2 Å². The summed E-state index contributed by atoms with van der Waals surface area (Å²) in [5.41, 5.74) is 0.549. The number of isocyanates is 1. The molecule has 1 fully saturated rings. The molecule has 0 spiro atoms. The second-order valence-electron chi connectivity index (χ2n) is 3.66. The van der Waals surface area contributed by atoms with E-state index in [1.54, 1.807) is 18.2 Å². The van der Waals surface area contributed by atoms with Crippen molar-refractivity contribution in [3.05, 3.63) is 28.2 Å². The van der Waals surface area contributed by atoms with Gasteiger partial charge in [0.25, 0.3) is 0 Å². The monoisotopic (exact) mass is 270 g/mol. The Balaban J connectivity index is 2.32. The number of amides is 1. The summed E-state index contributed by atoms with van der Waals surface area (Å²) in [5.74, 6) is -0.127. The number of carbonyl (C=O) groups is 1. The Morgan fingerprint density at radius 1 is 1.41 bits per heavy atom. The van der Waals surface area contributed by atoms with Gasteiger partial charge in [-0.05, 0) is 12.1 Å². The van der Waals surface area contributed by atoms with Crippen LogP contribution in [0.1, 0.15) is 6.42 Å². The smallest absolute Gasteiger partial charge is 0.235 e. The summed E-state index contributed by atoms with van der Waals surface area (Å²) in [4.78, 5) is 27.0. The molecule has 1 heterocycles. The average Bonchev–Trinajstić information content (AvgIpc) is 2.64. The third kappa shape index (κ3) is 2.34. The fraction of sp³-hybridized carbons (Fsp3) is 0.273. The Morgan fingerprint density at radius 3 is 2.88 bits per heavy atom. The third-order valence-electron chi connectivity index (χ3n) is 2.56. The first-order valence-corrected chi connectivity index (χ1v) is 5.70. The van der Waals surface area contributed by atoms with Crippen molar-refractivity contribution in [2.24, 2.45) is 4.99 Å². The summed E-state index contributed by atoms with van der Waals surface area (Å²) < 4.78 is 0. The van der Waals surface area contributed by atoms with Gasteiger partial charge in [-0.15, -0.1) is 0 Å². The summed E-state index contributed by atoms with van der Waals surface area (Å²) in [5, 5.41) is 0.720. The number of benzene rings is 1. The Bertz CT molecular complexity index is 512. The van der Waals surface area contributed by atoms with Crippen LogP contribution >= 0.6 is 23.2 Å². The first kappa shape index (κ1) is 12.1. The molecule has 1 atom stereocenters. The van der Waals surface area contributed by atoms with Crippen molar-refractivity contribution in [2.45, 2.75) is 12.5 Å². The normalized spacial score (nSPS) is 19.3. The van der Waals surface area contributed by atoms with Gasteiger partial charge in [-0.2, -0.15) is 0 Å². The quantitative estimate of drug-likeness (QED) is 0.612. The van der Waals surface area contributed by atoms with E-state index in [0.29, 0.717) is 22.3 Å². The van der Waals surface area contributed by atoms with Gasteiger partial charge in [0, 0.05) is 6.54 Å². The molecule has 1 aromatic carbocycles. The van der Waals surface area contributed by atoms with Crippen molar-refractivity contribution in [2.75, 3.05) is 11.4 Å². The van der Waals surface area contributed by atoms with Crippen molar-refractivity contribution in [1.82, 2.24) is 0 Å². The molecule has 0 aliphatic carbocycles. The molecule has 1 aliphatic heterocycles. The molecule has 0 aromatic heterocycles. The van der Waals surface area contributed by atoms with E-state index in [2.05, 4.69) is 4.99 Å². The molecular formula is C11H8Cl2N2O2. The van der Waals surface area contributed by atoms with Crippen LogP contribution in [0.15, 0.2) is 23.2 Å². The lowest BCUT2D eigenvalue weighted by Gasteiger charge is -2.17. The van der Waals surface area contributed by atoms with Gasteiger partial charge in [-0.1, -0.05) is 29.3 Å². The van der Waals surface area contributed by atoms with Crippen LogP contribution in [0.25, 0.3) is 0 Å². The van der Waals surface area contributed by atoms with E-state index in [-0.39, 0.29) is 18.4 Å². The first-order valence-electron chi connectivity index (χ1n) is 4.95.